The van der Waals surface area contributed by atoms with E-state index < -0.39 is 0 Å². The average Bonchev–Trinajstić information content (AvgIpc) is 2.80. The van der Waals surface area contributed by atoms with Crippen LogP contribution in [0.2, 0.25) is 0 Å². The molecular formula is C36H52N2Na2O2. The smallest absolute Gasteiger partial charge is 0.872 e. The molecule has 0 saturated heterocycles. The minimum Gasteiger partial charge on any atom is -0.872 e. The van der Waals surface area contributed by atoms with Gasteiger partial charge in [-0.05, 0) is 67.9 Å². The van der Waals surface area contributed by atoms with Crippen molar-refractivity contribution in [2.24, 2.45) is 9.98 Å². The fourth-order valence-electron chi connectivity index (χ4n) is 5.27. The van der Waals surface area contributed by atoms with Crippen molar-refractivity contribution in [2.45, 2.75) is 143 Å². The summed E-state index contributed by atoms with van der Waals surface area (Å²) < 4.78 is 0. The van der Waals surface area contributed by atoms with E-state index in [2.05, 4.69) is 95.2 Å². The largest absolute Gasteiger partial charge is 1.00 e. The Hall–Kier alpha value is -0.620. The SMILES string of the molecule is CC(C)(C)c1cc(C=N[C@@H]2CCCC[C@H]2N=Cc2cc(C(C)(C)C)cc(C(C)(C)C)c2[O-])c([O-])c(C(C)(C)C)c1.[Na+].[Na+]. The van der Waals surface area contributed by atoms with Crippen LogP contribution in [0, 0.1) is 0 Å². The zero-order valence-corrected chi connectivity index (χ0v) is 33.2. The first-order valence-corrected chi connectivity index (χ1v) is 15.0. The molecule has 6 heteroatoms. The maximum Gasteiger partial charge on any atom is 1.00 e. The Kier molecular flexibility index (Phi) is 13.7. The number of nitrogens with zero attached hydrogens (tertiary/aromatic N) is 2. The molecule has 0 N–H and O–H groups in total. The molecule has 2 atom stereocenters. The van der Waals surface area contributed by atoms with Crippen LogP contribution in [0.5, 0.6) is 11.5 Å². The van der Waals surface area contributed by atoms with Gasteiger partial charge in [-0.1, -0.05) is 132 Å². The van der Waals surface area contributed by atoms with Crippen LogP contribution < -0.4 is 69.3 Å². The molecule has 0 unspecified atom stereocenters. The summed E-state index contributed by atoms with van der Waals surface area (Å²) in [5, 5.41) is 26.9. The fraction of sp³-hybridized carbons (Fsp3) is 0.611. The Morgan fingerprint density at radius 2 is 0.857 bits per heavy atom. The van der Waals surface area contributed by atoms with Gasteiger partial charge in [0, 0.05) is 12.4 Å². The first-order chi connectivity index (χ1) is 18.2. The molecule has 2 aromatic carbocycles. The maximum atomic E-state index is 13.5. The van der Waals surface area contributed by atoms with Crippen molar-refractivity contribution in [1.82, 2.24) is 0 Å². The molecule has 2 aromatic rings. The topological polar surface area (TPSA) is 70.8 Å². The third kappa shape index (κ3) is 9.94. The van der Waals surface area contributed by atoms with Crippen molar-refractivity contribution < 1.29 is 69.3 Å². The van der Waals surface area contributed by atoms with E-state index >= 15 is 0 Å². The molecule has 42 heavy (non-hydrogen) atoms. The third-order valence-corrected chi connectivity index (χ3v) is 8.09. The molecule has 0 amide bonds. The summed E-state index contributed by atoms with van der Waals surface area (Å²) in [5.41, 5.74) is 4.62. The van der Waals surface area contributed by atoms with Crippen LogP contribution in [0.1, 0.15) is 142 Å². The second kappa shape index (κ2) is 14.6. The number of rotatable bonds is 4. The monoisotopic (exact) mass is 590 g/mol. The van der Waals surface area contributed by atoms with E-state index in [1.165, 1.54) is 0 Å². The van der Waals surface area contributed by atoms with Gasteiger partial charge in [-0.25, -0.2) is 0 Å². The Labute approximate surface area is 300 Å². The zero-order chi connectivity index (χ0) is 30.3. The Morgan fingerprint density at radius 1 is 0.548 bits per heavy atom. The van der Waals surface area contributed by atoms with E-state index in [-0.39, 0.29) is 104 Å². The standard InChI is InChI=1S/C36H54N2O2.2Na/c1-33(2,3)25-17-23(31(39)27(19-25)35(7,8)9)21-37-29-15-13-14-16-30(29)38-22-24-18-26(34(4,5)6)20-28(32(24)40)36(10,11)12;;/h17-22,29-30,39-40H,13-16H2,1-12H3;;/q;2*+1/p-2/t29-,30-;;/m1../s1. The van der Waals surface area contributed by atoms with Crippen LogP contribution in [0.25, 0.3) is 0 Å². The molecule has 0 spiro atoms. The van der Waals surface area contributed by atoms with Gasteiger partial charge in [0.1, 0.15) is 0 Å². The molecule has 0 aromatic heterocycles. The van der Waals surface area contributed by atoms with Gasteiger partial charge >= 0.3 is 59.1 Å². The van der Waals surface area contributed by atoms with Gasteiger partial charge < -0.3 is 10.2 Å². The first kappa shape index (κ1) is 39.4. The van der Waals surface area contributed by atoms with Crippen LogP contribution in [0.3, 0.4) is 0 Å². The van der Waals surface area contributed by atoms with Crippen LogP contribution in [-0.4, -0.2) is 24.5 Å². The van der Waals surface area contributed by atoms with Gasteiger partial charge in [-0.15, -0.1) is 0 Å². The molecular weight excluding hydrogens is 538 g/mol. The van der Waals surface area contributed by atoms with Crippen LogP contribution in [-0.2, 0) is 21.7 Å². The molecule has 1 fully saturated rings. The van der Waals surface area contributed by atoms with E-state index in [9.17, 15) is 10.2 Å². The Bertz CT molecular complexity index is 1170. The maximum absolute atomic E-state index is 13.5. The van der Waals surface area contributed by atoms with Gasteiger partial charge in [0.25, 0.3) is 0 Å². The van der Waals surface area contributed by atoms with Crippen LogP contribution >= 0.6 is 0 Å². The molecule has 220 valence electrons. The fourth-order valence-corrected chi connectivity index (χ4v) is 5.27. The minimum atomic E-state index is -0.248. The average molecular weight is 591 g/mol. The molecule has 0 radical (unpaired) electrons. The van der Waals surface area contributed by atoms with Gasteiger partial charge in [0.05, 0.1) is 12.1 Å². The molecule has 1 aliphatic rings. The van der Waals surface area contributed by atoms with E-state index in [4.69, 9.17) is 9.98 Å². The summed E-state index contributed by atoms with van der Waals surface area (Å²) in [7, 11) is 0. The van der Waals surface area contributed by atoms with Gasteiger partial charge in [-0.3, -0.25) is 9.98 Å². The van der Waals surface area contributed by atoms with Crippen LogP contribution in [0.15, 0.2) is 34.3 Å². The van der Waals surface area contributed by atoms with Gasteiger partial charge in [0.15, 0.2) is 0 Å². The number of hydrogen-bond acceptors (Lipinski definition) is 4. The number of hydrogen-bond donors (Lipinski definition) is 0. The summed E-state index contributed by atoms with van der Waals surface area (Å²) in [6.45, 7) is 25.6. The molecule has 1 saturated carbocycles. The second-order valence-corrected chi connectivity index (χ2v) is 15.9. The number of aliphatic imine (C=N–C) groups is 2. The second-order valence-electron chi connectivity index (χ2n) is 15.9. The van der Waals surface area contributed by atoms with Gasteiger partial charge in [-0.2, -0.15) is 0 Å². The normalized spacial score (nSPS) is 18.7. The molecule has 3 rings (SSSR count). The first-order valence-electron chi connectivity index (χ1n) is 15.0. The summed E-state index contributed by atoms with van der Waals surface area (Å²) in [5.74, 6) is 0.120. The Morgan fingerprint density at radius 3 is 1.12 bits per heavy atom. The van der Waals surface area contributed by atoms with Crippen molar-refractivity contribution in [2.75, 3.05) is 0 Å². The molecule has 0 heterocycles. The van der Waals surface area contributed by atoms with E-state index in [0.717, 1.165) is 47.9 Å². The third-order valence-electron chi connectivity index (χ3n) is 8.09. The van der Waals surface area contributed by atoms with Crippen molar-refractivity contribution in [3.63, 3.8) is 0 Å². The van der Waals surface area contributed by atoms with Crippen LogP contribution in [0.4, 0.5) is 0 Å². The molecule has 0 aliphatic heterocycles. The predicted molar refractivity (Wildman–Crippen MR) is 168 cm³/mol. The van der Waals surface area contributed by atoms with E-state index in [0.29, 0.717) is 11.1 Å². The van der Waals surface area contributed by atoms with Crippen molar-refractivity contribution >= 4 is 12.4 Å². The molecule has 0 bridgehead atoms. The van der Waals surface area contributed by atoms with E-state index in [1.807, 2.05) is 12.1 Å². The van der Waals surface area contributed by atoms with Crippen molar-refractivity contribution in [3.05, 3.63) is 57.6 Å². The summed E-state index contributed by atoms with van der Waals surface area (Å²) >= 11 is 0. The van der Waals surface area contributed by atoms with Crippen molar-refractivity contribution in [3.8, 4) is 11.5 Å². The summed E-state index contributed by atoms with van der Waals surface area (Å²) in [6.07, 6.45) is 7.63. The quantitative estimate of drug-likeness (QED) is 0.403. The number of benzene rings is 2. The molecule has 4 nitrogen and oxygen atoms in total. The molecule has 1 aliphatic carbocycles. The summed E-state index contributed by atoms with van der Waals surface area (Å²) in [6, 6.07) is 8.15. The van der Waals surface area contributed by atoms with Crippen molar-refractivity contribution in [1.29, 1.82) is 0 Å². The predicted octanol–water partition coefficient (Wildman–Crippen LogP) is 1.88. The Balaban J connectivity index is 0.00000441. The summed E-state index contributed by atoms with van der Waals surface area (Å²) in [4.78, 5) is 9.95. The zero-order valence-electron chi connectivity index (χ0n) is 29.2. The van der Waals surface area contributed by atoms with E-state index in [1.54, 1.807) is 12.4 Å². The minimum absolute atomic E-state index is 0. The van der Waals surface area contributed by atoms with Gasteiger partial charge in [0.2, 0.25) is 0 Å².